The van der Waals surface area contributed by atoms with Crippen LogP contribution in [0.4, 0.5) is 28.4 Å². The fourth-order valence-electron chi connectivity index (χ4n) is 14.7. The summed E-state index contributed by atoms with van der Waals surface area (Å²) in [6.07, 6.45) is 0. The average molecular weight is 1500 g/mol. The van der Waals surface area contributed by atoms with Gasteiger partial charge in [-0.1, -0.05) is 345 Å². The molecule has 510 valence electrons. The van der Waals surface area contributed by atoms with E-state index < -0.39 is 0 Å². The highest BCUT2D eigenvalue weighted by atomic mass is 127. The largest absolute Gasteiger partial charge is 0.436 e. The quantitative estimate of drug-likeness (QED) is 0.104. The van der Waals surface area contributed by atoms with E-state index in [0.29, 0.717) is 5.02 Å². The molecule has 20 rings (SSSR count). The molecule has 0 spiro atoms. The highest BCUT2D eigenvalue weighted by molar-refractivity contribution is 14.1. The van der Waals surface area contributed by atoms with Gasteiger partial charge in [-0.2, -0.15) is 0 Å². The van der Waals surface area contributed by atoms with Gasteiger partial charge in [0.05, 0.1) is 43.9 Å². The van der Waals surface area contributed by atoms with Gasteiger partial charge in [-0.3, -0.25) is 8.80 Å². The lowest BCUT2D eigenvalue weighted by Crippen LogP contribution is -2.10. The first-order valence-electron chi connectivity index (χ1n) is 35.1. The molecule has 0 atom stereocenters. The molecule has 16 aromatic carbocycles. The van der Waals surface area contributed by atoms with Crippen LogP contribution < -0.4 is 10.2 Å². The fraction of sp³-hybridized carbons (Fsp3) is 0.0204. The summed E-state index contributed by atoms with van der Waals surface area (Å²) >= 11 is 8.48. The van der Waals surface area contributed by atoms with Crippen LogP contribution >= 0.6 is 34.2 Å². The summed E-state index contributed by atoms with van der Waals surface area (Å²) in [5, 5.41) is 11.5. The maximum absolute atomic E-state index is 7.03. The summed E-state index contributed by atoms with van der Waals surface area (Å²) in [5.41, 5.74) is 27.0. The average Bonchev–Trinajstić information content (AvgIpc) is 1.58. The van der Waals surface area contributed by atoms with Crippen molar-refractivity contribution in [2.45, 2.75) is 7.43 Å². The Labute approximate surface area is 635 Å². The Hall–Kier alpha value is -12.7. The van der Waals surface area contributed by atoms with E-state index in [-0.39, 0.29) is 7.43 Å². The highest BCUT2D eigenvalue weighted by Crippen LogP contribution is 2.47. The zero-order valence-corrected chi connectivity index (χ0v) is 60.3. The predicted molar refractivity (Wildman–Crippen MR) is 460 cm³/mol. The van der Waals surface area contributed by atoms with Crippen LogP contribution in [0.15, 0.2) is 397 Å². The molecular formula is C98H72ClIN4O2. The molecule has 106 heavy (non-hydrogen) atoms. The molecule has 0 aliphatic rings. The number of halogens is 2. The van der Waals surface area contributed by atoms with Gasteiger partial charge in [-0.15, -0.1) is 0 Å². The third-order valence-corrected chi connectivity index (χ3v) is 19.8. The molecule has 1 N–H and O–H groups in total. The molecule has 0 aliphatic heterocycles. The van der Waals surface area contributed by atoms with Gasteiger partial charge in [0, 0.05) is 33.5 Å². The molecule has 0 bridgehead atoms. The molecule has 4 aromatic heterocycles. The molecule has 0 saturated heterocycles. The van der Waals surface area contributed by atoms with Gasteiger partial charge in [0.15, 0.2) is 11.2 Å². The van der Waals surface area contributed by atoms with Gasteiger partial charge in [0.25, 0.3) is 0 Å². The Morgan fingerprint density at radius 1 is 0.283 bits per heavy atom. The Bertz CT molecular complexity index is 6420. The number of hydrogen-bond acceptors (Lipinski definition) is 4. The maximum atomic E-state index is 7.03. The minimum Gasteiger partial charge on any atom is -0.436 e. The second-order valence-corrected chi connectivity index (χ2v) is 26.1. The van der Waals surface area contributed by atoms with Crippen LogP contribution in [0, 0.1) is 0 Å². The fourth-order valence-corrected chi connectivity index (χ4v) is 14.9. The van der Waals surface area contributed by atoms with Gasteiger partial charge >= 0.3 is 0 Å². The van der Waals surface area contributed by atoms with E-state index in [1.54, 1.807) is 0 Å². The van der Waals surface area contributed by atoms with E-state index in [2.05, 4.69) is 381 Å². The molecule has 0 unspecified atom stereocenters. The van der Waals surface area contributed by atoms with Gasteiger partial charge in [-0.25, -0.2) is 0 Å². The minimum absolute atomic E-state index is 0. The Morgan fingerprint density at radius 3 is 1.07 bits per heavy atom. The van der Waals surface area contributed by atoms with Crippen LogP contribution in [0.25, 0.3) is 144 Å². The maximum Gasteiger partial charge on any atom is 0.213 e. The zero-order chi connectivity index (χ0) is 70.6. The number of rotatable bonds is 11. The number of para-hydroxylation sites is 4. The number of aromatic nitrogens is 2. The lowest BCUT2D eigenvalue weighted by atomic mass is 9.98. The van der Waals surface area contributed by atoms with Crippen LogP contribution in [0.1, 0.15) is 7.43 Å². The van der Waals surface area contributed by atoms with Gasteiger partial charge in [0.2, 0.25) is 11.4 Å². The summed E-state index contributed by atoms with van der Waals surface area (Å²) in [5.74, 6) is 0. The normalized spacial score (nSPS) is 11.1. The first-order valence-corrected chi connectivity index (χ1v) is 37.6. The smallest absolute Gasteiger partial charge is 0.213 e. The summed E-state index contributed by atoms with van der Waals surface area (Å²) < 4.78 is 17.6. The van der Waals surface area contributed by atoms with Crippen molar-refractivity contribution in [1.82, 2.24) is 8.80 Å². The first kappa shape index (κ1) is 67.8. The van der Waals surface area contributed by atoms with Crippen LogP contribution in [-0.4, -0.2) is 13.7 Å². The third-order valence-electron chi connectivity index (χ3n) is 19.6. The standard InChI is InChI=1S/C48H32N2O.C28H21N.C20H12ClNO.CH3I.CH4/c1-3-13-33(14-4-1)34-25-29-38(30-26-34)49(39-31-27-36(28-32-39)41-21-11-18-35-15-7-8-19-40(35)41)44-23-12-24-45-47(44)51-48-46(37-16-5-2-6-17-37)42-20-9-10-22-43(42)50(45)48;1-2-7-21(8-3-1)22-13-17-25(18-14-22)29-26-19-15-24(16-20-26)28-12-6-10-23-9-4-5-11-27(23)28;21-15-10-6-12-17-19(15)23-20-18(13-7-2-1-3-8-13)14-9-4-5-11-16(14)22(17)20;1-2;/h1-32H;1-20,29H;1-12H;1H3;1H4. The first-order chi connectivity index (χ1) is 52.0. The van der Waals surface area contributed by atoms with Crippen LogP contribution in [0.5, 0.6) is 0 Å². The highest BCUT2D eigenvalue weighted by Gasteiger charge is 2.25. The predicted octanol–water partition coefficient (Wildman–Crippen LogP) is 29.2. The third kappa shape index (κ3) is 13.0. The van der Waals surface area contributed by atoms with Crippen molar-refractivity contribution in [1.29, 1.82) is 0 Å². The number of oxazole rings is 2. The van der Waals surface area contributed by atoms with Gasteiger partial charge in [-0.05, 0) is 167 Å². The number of fused-ring (bicyclic) bond motifs is 12. The number of nitrogens with zero attached hydrogens (tertiary/aromatic N) is 3. The molecule has 20 aromatic rings. The second kappa shape index (κ2) is 30.3. The van der Waals surface area contributed by atoms with E-state index in [0.717, 1.165) is 95.4 Å². The van der Waals surface area contributed by atoms with Crippen molar-refractivity contribution >= 4 is 140 Å². The molecular weight excluding hydrogens is 1430 g/mol. The summed E-state index contributed by atoms with van der Waals surface area (Å²) in [6, 6.07) is 136. The lowest BCUT2D eigenvalue weighted by Gasteiger charge is -2.26. The lowest BCUT2D eigenvalue weighted by molar-refractivity contribution is 0.658. The van der Waals surface area contributed by atoms with E-state index in [1.807, 2.05) is 53.5 Å². The van der Waals surface area contributed by atoms with Crippen LogP contribution in [-0.2, 0) is 0 Å². The molecule has 0 saturated carbocycles. The second-order valence-electron chi connectivity index (χ2n) is 25.7. The number of anilines is 5. The zero-order valence-electron chi connectivity index (χ0n) is 57.4. The monoisotopic (exact) mass is 1500 g/mol. The Balaban J connectivity index is 0.000000132. The number of benzene rings is 16. The number of alkyl halides is 1. The molecule has 0 fully saturated rings. The van der Waals surface area contributed by atoms with Crippen molar-refractivity contribution in [3.8, 4) is 66.8 Å². The molecule has 0 aliphatic carbocycles. The van der Waals surface area contributed by atoms with Crippen molar-refractivity contribution in [3.05, 3.63) is 393 Å². The van der Waals surface area contributed by atoms with Gasteiger partial charge in [0.1, 0.15) is 0 Å². The SMILES string of the molecule is C.CI.Clc1cccc2c1oc1c(-c3ccccc3)c3ccccc3n12.c1ccc(-c2ccc(N(c3ccc(-c4cccc5ccccc45)cc3)c3cccc4c3oc3c(-c5ccccc5)c5ccccc5n34)cc2)cc1.c1ccc(-c2ccc(Nc3ccc(-c4cccc5ccccc45)cc3)cc2)cc1. The van der Waals surface area contributed by atoms with Gasteiger partial charge < -0.3 is 19.1 Å². The molecule has 4 heterocycles. The molecule has 6 nitrogen and oxygen atoms in total. The number of hydrogen-bond donors (Lipinski definition) is 1. The van der Waals surface area contributed by atoms with Crippen LogP contribution in [0.2, 0.25) is 5.02 Å². The Kier molecular flexibility index (Phi) is 19.4. The molecule has 0 radical (unpaired) electrons. The number of nitrogens with one attached hydrogen (secondary N) is 1. The van der Waals surface area contributed by atoms with Crippen molar-refractivity contribution < 1.29 is 8.83 Å². The van der Waals surface area contributed by atoms with Crippen molar-refractivity contribution in [3.63, 3.8) is 0 Å². The van der Waals surface area contributed by atoms with E-state index in [1.165, 1.54) is 76.8 Å². The van der Waals surface area contributed by atoms with E-state index in [4.69, 9.17) is 20.4 Å². The van der Waals surface area contributed by atoms with E-state index >= 15 is 0 Å². The summed E-state index contributed by atoms with van der Waals surface area (Å²) in [4.78, 5) is 4.29. The topological polar surface area (TPSA) is 50.4 Å². The van der Waals surface area contributed by atoms with Crippen molar-refractivity contribution in [2.75, 3.05) is 15.1 Å². The van der Waals surface area contributed by atoms with Crippen LogP contribution in [0.3, 0.4) is 0 Å². The van der Waals surface area contributed by atoms with Crippen molar-refractivity contribution in [2.24, 2.45) is 0 Å². The minimum atomic E-state index is 0. The summed E-state index contributed by atoms with van der Waals surface area (Å²) in [6.45, 7) is 0. The Morgan fingerprint density at radius 2 is 0.604 bits per heavy atom. The van der Waals surface area contributed by atoms with E-state index in [9.17, 15) is 0 Å². The molecule has 0 amide bonds. The molecule has 8 heteroatoms. The summed E-state index contributed by atoms with van der Waals surface area (Å²) in [7, 11) is 0.